The average molecular weight is 501 g/mol. The number of carbonyl (C=O) groups excluding carboxylic acids is 1. The fourth-order valence-corrected chi connectivity index (χ4v) is 5.55. The number of thiazole rings is 1. The minimum absolute atomic E-state index is 0.0217. The van der Waals surface area contributed by atoms with E-state index in [9.17, 15) is 14.7 Å². The summed E-state index contributed by atoms with van der Waals surface area (Å²) in [5.74, 6) is 0.416. The van der Waals surface area contributed by atoms with Crippen LogP contribution in [0.15, 0.2) is 69.9 Å². The first-order chi connectivity index (χ1) is 17.5. The highest BCUT2D eigenvalue weighted by atomic mass is 32.1. The molecule has 0 saturated carbocycles. The summed E-state index contributed by atoms with van der Waals surface area (Å²) in [5.41, 5.74) is 1.56. The molecule has 0 spiro atoms. The molecule has 0 unspecified atom stereocenters. The second kappa shape index (κ2) is 8.39. The van der Waals surface area contributed by atoms with E-state index in [1.54, 1.807) is 49.6 Å². The van der Waals surface area contributed by atoms with Gasteiger partial charge in [-0.1, -0.05) is 29.5 Å². The molecule has 0 fully saturated rings. The number of ether oxygens (including phenoxy) is 2. The molecule has 2 aromatic heterocycles. The van der Waals surface area contributed by atoms with Gasteiger partial charge in [0.2, 0.25) is 5.76 Å². The molecular formula is C27H20N2O6S. The van der Waals surface area contributed by atoms with Gasteiger partial charge >= 0.3 is 0 Å². The summed E-state index contributed by atoms with van der Waals surface area (Å²) >= 11 is 1.31. The van der Waals surface area contributed by atoms with Crippen molar-refractivity contribution >= 4 is 43.6 Å². The minimum Gasteiger partial charge on any atom is -0.504 e. The van der Waals surface area contributed by atoms with Gasteiger partial charge in [0.05, 0.1) is 40.9 Å². The number of benzene rings is 3. The van der Waals surface area contributed by atoms with Crippen LogP contribution in [-0.4, -0.2) is 29.7 Å². The first-order valence-electron chi connectivity index (χ1n) is 11.3. The van der Waals surface area contributed by atoms with E-state index in [2.05, 4.69) is 0 Å². The predicted octanol–water partition coefficient (Wildman–Crippen LogP) is 5.27. The van der Waals surface area contributed by atoms with Crippen LogP contribution in [0.2, 0.25) is 0 Å². The molecule has 6 rings (SSSR count). The fourth-order valence-electron chi connectivity index (χ4n) is 4.53. The number of rotatable bonds is 5. The summed E-state index contributed by atoms with van der Waals surface area (Å²) in [6.45, 7) is 2.15. The Morgan fingerprint density at radius 3 is 2.75 bits per heavy atom. The summed E-state index contributed by atoms with van der Waals surface area (Å²) in [6.07, 6.45) is 0. The van der Waals surface area contributed by atoms with Crippen molar-refractivity contribution in [1.82, 2.24) is 4.98 Å². The summed E-state index contributed by atoms with van der Waals surface area (Å²) < 4.78 is 17.7. The van der Waals surface area contributed by atoms with E-state index in [0.29, 0.717) is 39.5 Å². The smallest absolute Gasteiger partial charge is 0.297 e. The molecule has 5 aromatic rings. The number of carbonyl (C=O) groups is 1. The van der Waals surface area contributed by atoms with Gasteiger partial charge in [0.15, 0.2) is 22.1 Å². The van der Waals surface area contributed by atoms with Crippen LogP contribution in [0.25, 0.3) is 21.2 Å². The number of anilines is 1. The van der Waals surface area contributed by atoms with Crippen molar-refractivity contribution in [3.8, 4) is 17.2 Å². The lowest BCUT2D eigenvalue weighted by Gasteiger charge is -2.23. The minimum atomic E-state index is -0.823. The number of phenolic OH excluding ortho intramolecular Hbond substituents is 1. The zero-order valence-corrected chi connectivity index (χ0v) is 20.2. The third-order valence-corrected chi connectivity index (χ3v) is 7.18. The Hall–Kier alpha value is -4.37. The van der Waals surface area contributed by atoms with Crippen molar-refractivity contribution in [2.24, 2.45) is 0 Å². The zero-order valence-electron chi connectivity index (χ0n) is 19.3. The van der Waals surface area contributed by atoms with Crippen molar-refractivity contribution in [2.75, 3.05) is 18.6 Å². The zero-order chi connectivity index (χ0) is 25.0. The van der Waals surface area contributed by atoms with Gasteiger partial charge in [0, 0.05) is 0 Å². The molecule has 8 nitrogen and oxygen atoms in total. The number of hydrogen-bond acceptors (Lipinski definition) is 8. The molecule has 0 radical (unpaired) electrons. The molecule has 36 heavy (non-hydrogen) atoms. The predicted molar refractivity (Wildman–Crippen MR) is 137 cm³/mol. The molecule has 9 heteroatoms. The molecule has 1 aliphatic heterocycles. The van der Waals surface area contributed by atoms with Crippen LogP contribution in [0.3, 0.4) is 0 Å². The molecule has 1 aliphatic rings. The van der Waals surface area contributed by atoms with E-state index in [1.165, 1.54) is 22.3 Å². The number of aromatic hydroxyl groups is 1. The summed E-state index contributed by atoms with van der Waals surface area (Å²) in [5, 5.41) is 11.1. The van der Waals surface area contributed by atoms with E-state index in [4.69, 9.17) is 18.9 Å². The molecule has 1 atom stereocenters. The number of methoxy groups -OCH3 is 1. The Labute approximate surface area is 208 Å². The van der Waals surface area contributed by atoms with Crippen LogP contribution < -0.4 is 19.8 Å². The maximum absolute atomic E-state index is 13.8. The van der Waals surface area contributed by atoms with Crippen LogP contribution in [-0.2, 0) is 0 Å². The number of phenols is 1. The SMILES string of the molecule is CCOc1cc([C@@H]2c3c(oc4ccccc4c3=O)C(=O)N2c2nc3ccc(OC)cc3s2)ccc1O. The molecule has 1 amide bonds. The molecule has 3 heterocycles. The van der Waals surface area contributed by atoms with E-state index < -0.39 is 11.9 Å². The Morgan fingerprint density at radius 1 is 1.11 bits per heavy atom. The van der Waals surface area contributed by atoms with Crippen molar-refractivity contribution in [3.63, 3.8) is 0 Å². The molecule has 0 aliphatic carbocycles. The number of fused-ring (bicyclic) bond motifs is 3. The van der Waals surface area contributed by atoms with Gasteiger partial charge < -0.3 is 19.0 Å². The van der Waals surface area contributed by atoms with Gasteiger partial charge in [-0.05, 0) is 55.0 Å². The van der Waals surface area contributed by atoms with Crippen molar-refractivity contribution in [3.05, 3.63) is 87.8 Å². The highest BCUT2D eigenvalue weighted by Crippen LogP contribution is 2.45. The fraction of sp³-hybridized carbons (Fsp3) is 0.148. The normalized spacial score (nSPS) is 15.0. The van der Waals surface area contributed by atoms with Crippen molar-refractivity contribution in [2.45, 2.75) is 13.0 Å². The van der Waals surface area contributed by atoms with Crippen LogP contribution in [0.4, 0.5) is 5.13 Å². The Morgan fingerprint density at radius 2 is 1.94 bits per heavy atom. The second-order valence-electron chi connectivity index (χ2n) is 8.24. The van der Waals surface area contributed by atoms with Crippen LogP contribution >= 0.6 is 11.3 Å². The van der Waals surface area contributed by atoms with Crippen molar-refractivity contribution in [1.29, 1.82) is 0 Å². The van der Waals surface area contributed by atoms with Crippen LogP contribution in [0.1, 0.15) is 34.6 Å². The van der Waals surface area contributed by atoms with E-state index >= 15 is 0 Å². The standard InChI is InChI=1S/C27H20N2O6S/c1-3-34-20-12-14(8-11-18(20)30)23-22-24(31)16-6-4-5-7-19(16)35-25(22)26(32)29(23)27-28-17-10-9-15(33-2)13-21(17)36-27/h4-13,23,30H,3H2,1-2H3/t23-/m1/s1. The lowest BCUT2D eigenvalue weighted by Crippen LogP contribution is -2.29. The Kier molecular flexibility index (Phi) is 5.15. The van der Waals surface area contributed by atoms with Gasteiger partial charge in [-0.2, -0.15) is 0 Å². The number of nitrogens with zero attached hydrogens (tertiary/aromatic N) is 2. The van der Waals surface area contributed by atoms with Gasteiger partial charge in [-0.15, -0.1) is 0 Å². The second-order valence-corrected chi connectivity index (χ2v) is 9.25. The molecule has 180 valence electrons. The molecule has 0 saturated heterocycles. The number of aromatic nitrogens is 1. The number of para-hydroxylation sites is 1. The van der Waals surface area contributed by atoms with Crippen LogP contribution in [0.5, 0.6) is 17.2 Å². The maximum atomic E-state index is 13.8. The summed E-state index contributed by atoms with van der Waals surface area (Å²) in [4.78, 5) is 33.7. The topological polar surface area (TPSA) is 102 Å². The lowest BCUT2D eigenvalue weighted by molar-refractivity contribution is 0.0971. The monoisotopic (exact) mass is 500 g/mol. The van der Waals surface area contributed by atoms with E-state index in [1.807, 2.05) is 19.1 Å². The van der Waals surface area contributed by atoms with Crippen LogP contribution in [0, 0.1) is 0 Å². The van der Waals surface area contributed by atoms with Gasteiger partial charge in [0.25, 0.3) is 5.91 Å². The van der Waals surface area contributed by atoms with E-state index in [-0.39, 0.29) is 28.3 Å². The highest BCUT2D eigenvalue weighted by molar-refractivity contribution is 7.22. The van der Waals surface area contributed by atoms with Gasteiger partial charge in [-0.25, -0.2) is 4.98 Å². The quantitative estimate of drug-likeness (QED) is 0.351. The molecule has 0 bridgehead atoms. The summed E-state index contributed by atoms with van der Waals surface area (Å²) in [6, 6.07) is 16.3. The maximum Gasteiger partial charge on any atom is 0.297 e. The highest BCUT2D eigenvalue weighted by Gasteiger charge is 2.45. The average Bonchev–Trinajstić information content (AvgIpc) is 3.43. The number of amides is 1. The summed E-state index contributed by atoms with van der Waals surface area (Å²) in [7, 11) is 1.59. The third-order valence-electron chi connectivity index (χ3n) is 6.17. The largest absolute Gasteiger partial charge is 0.504 e. The molecular weight excluding hydrogens is 480 g/mol. The van der Waals surface area contributed by atoms with E-state index in [0.717, 1.165) is 4.70 Å². The molecule has 1 N–H and O–H groups in total. The molecule has 3 aromatic carbocycles. The Balaban J connectivity index is 1.61. The number of hydrogen-bond donors (Lipinski definition) is 1. The first-order valence-corrected chi connectivity index (χ1v) is 12.1. The lowest BCUT2D eigenvalue weighted by atomic mass is 9.98. The van der Waals surface area contributed by atoms with Crippen molar-refractivity contribution < 1.29 is 23.8 Å². The Bertz CT molecular complexity index is 1720. The van der Waals surface area contributed by atoms with Gasteiger partial charge in [-0.3, -0.25) is 14.5 Å². The first kappa shape index (κ1) is 22.1. The van der Waals surface area contributed by atoms with Gasteiger partial charge in [0.1, 0.15) is 11.3 Å². The third kappa shape index (κ3) is 3.31.